The van der Waals surface area contributed by atoms with Crippen LogP contribution in [0.4, 0.5) is 5.82 Å². The third kappa shape index (κ3) is 2.60. The number of rotatable bonds is 4. The van der Waals surface area contributed by atoms with E-state index in [1.54, 1.807) is 6.07 Å². The Morgan fingerprint density at radius 3 is 3.12 bits per heavy atom. The zero-order valence-electron chi connectivity index (χ0n) is 9.23. The quantitative estimate of drug-likeness (QED) is 0.588. The molecule has 2 rings (SSSR count). The number of nitrogens with one attached hydrogen (secondary N) is 3. The number of amides is 1. The van der Waals surface area contributed by atoms with E-state index in [1.165, 1.54) is 17.7 Å². The molecule has 2 aromatic heterocycles. The van der Waals surface area contributed by atoms with Gasteiger partial charge in [0.1, 0.15) is 12.1 Å². The van der Waals surface area contributed by atoms with Gasteiger partial charge in [0.15, 0.2) is 5.65 Å². The van der Waals surface area contributed by atoms with Crippen LogP contribution in [0.15, 0.2) is 17.2 Å². The van der Waals surface area contributed by atoms with E-state index in [0.717, 1.165) is 0 Å². The molecule has 8 heteroatoms. The molecule has 3 N–H and O–H groups in total. The van der Waals surface area contributed by atoms with Crippen LogP contribution in [0.2, 0.25) is 0 Å². The summed E-state index contributed by atoms with van der Waals surface area (Å²) in [6.07, 6.45) is 1.39. The Morgan fingerprint density at radius 2 is 2.35 bits per heavy atom. The van der Waals surface area contributed by atoms with Crippen LogP contribution in [0.5, 0.6) is 0 Å². The van der Waals surface area contributed by atoms with Gasteiger partial charge < -0.3 is 10.6 Å². The van der Waals surface area contributed by atoms with Crippen LogP contribution >= 0.6 is 0 Å². The molecule has 0 aliphatic rings. The predicted molar refractivity (Wildman–Crippen MR) is 60.8 cm³/mol. The molecule has 0 atom stereocenters. The molecule has 0 saturated carbocycles. The normalized spacial score (nSPS) is 10.4. The van der Waals surface area contributed by atoms with Crippen molar-refractivity contribution in [1.82, 2.24) is 24.9 Å². The second-order valence-electron chi connectivity index (χ2n) is 3.44. The molecule has 0 aromatic carbocycles. The standard InChI is InChI=1S/C9H12N6O2/c1-6(16)10-2-3-11-7-4-8-13-14-9(17)15(8)5-12-7/h4-5,11H,2-3H2,1H3,(H,10,16)(H,14,17). The maximum absolute atomic E-state index is 11.2. The summed E-state index contributed by atoms with van der Waals surface area (Å²) in [6.45, 7) is 2.52. The largest absolute Gasteiger partial charge is 0.368 e. The van der Waals surface area contributed by atoms with Crippen molar-refractivity contribution >= 4 is 17.4 Å². The molecule has 0 radical (unpaired) electrons. The number of fused-ring (bicyclic) bond motifs is 1. The molecule has 1 amide bonds. The summed E-state index contributed by atoms with van der Waals surface area (Å²) in [5.74, 6) is 0.524. The topological polar surface area (TPSA) is 104 Å². The van der Waals surface area contributed by atoms with Crippen LogP contribution in [0.1, 0.15) is 6.92 Å². The molecule has 17 heavy (non-hydrogen) atoms. The molecule has 8 nitrogen and oxygen atoms in total. The van der Waals surface area contributed by atoms with Gasteiger partial charge in [0.25, 0.3) is 0 Å². The highest BCUT2D eigenvalue weighted by Crippen LogP contribution is 2.02. The number of aromatic amines is 1. The molecular weight excluding hydrogens is 224 g/mol. The Hall–Kier alpha value is -2.38. The SMILES string of the molecule is CC(=O)NCCNc1cc2n[nH]c(=O)n2cn1. The molecule has 2 heterocycles. The fourth-order valence-electron chi connectivity index (χ4n) is 1.34. The minimum Gasteiger partial charge on any atom is -0.368 e. The van der Waals surface area contributed by atoms with Gasteiger partial charge in [-0.2, -0.15) is 5.10 Å². The fraction of sp³-hybridized carbons (Fsp3) is 0.333. The van der Waals surface area contributed by atoms with Crippen molar-refractivity contribution < 1.29 is 4.79 Å². The minimum atomic E-state index is -0.322. The summed E-state index contributed by atoms with van der Waals surface area (Å²) in [6, 6.07) is 1.64. The summed E-state index contributed by atoms with van der Waals surface area (Å²) in [4.78, 5) is 25.8. The van der Waals surface area contributed by atoms with Gasteiger partial charge in [0.05, 0.1) is 0 Å². The van der Waals surface area contributed by atoms with Crippen molar-refractivity contribution in [2.75, 3.05) is 18.4 Å². The van der Waals surface area contributed by atoms with Crippen molar-refractivity contribution in [3.63, 3.8) is 0 Å². The first kappa shape index (κ1) is 11.1. The van der Waals surface area contributed by atoms with E-state index in [-0.39, 0.29) is 11.6 Å². The summed E-state index contributed by atoms with van der Waals surface area (Å²) in [5, 5.41) is 11.8. The Balaban J connectivity index is 2.00. The zero-order valence-corrected chi connectivity index (χ0v) is 9.23. The van der Waals surface area contributed by atoms with Gasteiger partial charge in [0, 0.05) is 26.1 Å². The number of carbonyl (C=O) groups is 1. The van der Waals surface area contributed by atoms with E-state index < -0.39 is 0 Å². The minimum absolute atomic E-state index is 0.0749. The fourth-order valence-corrected chi connectivity index (χ4v) is 1.34. The monoisotopic (exact) mass is 236 g/mol. The number of carbonyl (C=O) groups excluding carboxylic acids is 1. The van der Waals surface area contributed by atoms with Gasteiger partial charge in [0.2, 0.25) is 5.91 Å². The predicted octanol–water partition coefficient (Wildman–Crippen LogP) is -1.03. The number of nitrogens with zero attached hydrogens (tertiary/aromatic N) is 3. The number of anilines is 1. The summed E-state index contributed by atoms with van der Waals surface area (Å²) >= 11 is 0. The first-order valence-corrected chi connectivity index (χ1v) is 5.08. The lowest BCUT2D eigenvalue weighted by Gasteiger charge is -2.05. The van der Waals surface area contributed by atoms with Crippen molar-refractivity contribution in [2.45, 2.75) is 6.92 Å². The van der Waals surface area contributed by atoms with Gasteiger partial charge >= 0.3 is 5.69 Å². The van der Waals surface area contributed by atoms with Crippen LogP contribution in [0, 0.1) is 0 Å². The average molecular weight is 236 g/mol. The van der Waals surface area contributed by atoms with Gasteiger partial charge in [-0.25, -0.2) is 19.3 Å². The van der Waals surface area contributed by atoms with Gasteiger partial charge in [-0.05, 0) is 0 Å². The van der Waals surface area contributed by atoms with Crippen molar-refractivity contribution in [3.8, 4) is 0 Å². The Bertz CT molecular complexity index is 586. The summed E-state index contributed by atoms with van der Waals surface area (Å²) in [5.41, 5.74) is 0.171. The second-order valence-corrected chi connectivity index (χ2v) is 3.44. The Kier molecular flexibility index (Phi) is 3.03. The van der Waals surface area contributed by atoms with E-state index in [0.29, 0.717) is 24.6 Å². The lowest BCUT2D eigenvalue weighted by atomic mass is 10.5. The highest BCUT2D eigenvalue weighted by molar-refractivity contribution is 5.72. The number of H-pyrrole nitrogens is 1. The highest BCUT2D eigenvalue weighted by Gasteiger charge is 2.01. The Labute approximate surface area is 96.1 Å². The van der Waals surface area contributed by atoms with Crippen LogP contribution < -0.4 is 16.3 Å². The van der Waals surface area contributed by atoms with E-state index in [4.69, 9.17) is 0 Å². The summed E-state index contributed by atoms with van der Waals surface area (Å²) < 4.78 is 1.30. The zero-order chi connectivity index (χ0) is 12.3. The molecule has 0 bridgehead atoms. The average Bonchev–Trinajstić information content (AvgIpc) is 2.66. The molecule has 0 saturated heterocycles. The maximum Gasteiger partial charge on any atom is 0.348 e. The highest BCUT2D eigenvalue weighted by atomic mass is 16.2. The van der Waals surface area contributed by atoms with Crippen LogP contribution in [0.25, 0.3) is 5.65 Å². The molecule has 0 unspecified atom stereocenters. The molecule has 0 spiro atoms. The van der Waals surface area contributed by atoms with Crippen LogP contribution in [-0.2, 0) is 4.79 Å². The lowest BCUT2D eigenvalue weighted by Crippen LogP contribution is -2.26. The maximum atomic E-state index is 11.2. The van der Waals surface area contributed by atoms with Gasteiger partial charge in [-0.1, -0.05) is 0 Å². The van der Waals surface area contributed by atoms with Crippen LogP contribution in [-0.4, -0.2) is 38.6 Å². The van der Waals surface area contributed by atoms with E-state index in [2.05, 4.69) is 25.8 Å². The molecular formula is C9H12N6O2. The smallest absolute Gasteiger partial charge is 0.348 e. The third-order valence-electron chi connectivity index (χ3n) is 2.11. The molecule has 0 aliphatic heterocycles. The van der Waals surface area contributed by atoms with Gasteiger partial charge in [-0.3, -0.25) is 4.79 Å². The Morgan fingerprint density at radius 1 is 1.53 bits per heavy atom. The van der Waals surface area contributed by atoms with Crippen molar-refractivity contribution in [3.05, 3.63) is 22.9 Å². The molecule has 2 aromatic rings. The summed E-state index contributed by atoms with van der Waals surface area (Å²) in [7, 11) is 0. The van der Waals surface area contributed by atoms with Gasteiger partial charge in [-0.15, -0.1) is 0 Å². The first-order chi connectivity index (χ1) is 8.16. The van der Waals surface area contributed by atoms with Crippen molar-refractivity contribution in [2.24, 2.45) is 0 Å². The second kappa shape index (κ2) is 4.64. The lowest BCUT2D eigenvalue weighted by molar-refractivity contribution is -0.118. The number of hydrogen-bond donors (Lipinski definition) is 3. The first-order valence-electron chi connectivity index (χ1n) is 5.08. The van der Waals surface area contributed by atoms with Crippen LogP contribution in [0.3, 0.4) is 0 Å². The van der Waals surface area contributed by atoms with E-state index in [1.807, 2.05) is 0 Å². The number of aromatic nitrogens is 4. The molecule has 90 valence electrons. The van der Waals surface area contributed by atoms with E-state index in [9.17, 15) is 9.59 Å². The number of hydrogen-bond acceptors (Lipinski definition) is 5. The van der Waals surface area contributed by atoms with E-state index >= 15 is 0 Å². The van der Waals surface area contributed by atoms with Crippen molar-refractivity contribution in [1.29, 1.82) is 0 Å². The third-order valence-corrected chi connectivity index (χ3v) is 2.11. The molecule has 0 aliphatic carbocycles. The molecule has 0 fully saturated rings.